The van der Waals surface area contributed by atoms with E-state index in [2.05, 4.69) is 12.0 Å². The number of rotatable bonds is 6. The molecule has 1 fully saturated rings. The van der Waals surface area contributed by atoms with Crippen molar-refractivity contribution in [2.75, 3.05) is 12.5 Å². The van der Waals surface area contributed by atoms with Crippen molar-refractivity contribution >= 4 is 29.1 Å². The lowest BCUT2D eigenvalue weighted by atomic mass is 9.56. The van der Waals surface area contributed by atoms with Crippen LogP contribution in [0.2, 0.25) is 5.02 Å². The van der Waals surface area contributed by atoms with Crippen LogP contribution in [0.4, 0.5) is 10.1 Å². The summed E-state index contributed by atoms with van der Waals surface area (Å²) >= 11 is 6.19. The number of carbonyl (C=O) groups is 2. The summed E-state index contributed by atoms with van der Waals surface area (Å²) in [6, 6.07) is 17.2. The van der Waals surface area contributed by atoms with Crippen LogP contribution in [-0.4, -0.2) is 29.0 Å². The first-order valence-electron chi connectivity index (χ1n) is 11.7. The lowest BCUT2D eigenvalue weighted by Gasteiger charge is -2.43. The number of carbonyl (C=O) groups excluding carboxylic acids is 2. The van der Waals surface area contributed by atoms with Gasteiger partial charge in [-0.05, 0) is 71.7 Å². The molecule has 5 rings (SSSR count). The highest BCUT2D eigenvalue weighted by Crippen LogP contribution is 2.58. The molecule has 0 radical (unpaired) electrons. The first-order valence-corrected chi connectivity index (χ1v) is 12.0. The van der Waals surface area contributed by atoms with E-state index in [9.17, 15) is 19.1 Å². The Bertz CT molecular complexity index is 1420. The number of aromatic hydroxyl groups is 1. The van der Waals surface area contributed by atoms with Crippen molar-refractivity contribution in [2.24, 2.45) is 5.92 Å². The molecule has 1 aliphatic heterocycles. The molecule has 2 amide bonds. The van der Waals surface area contributed by atoms with Crippen molar-refractivity contribution in [1.82, 2.24) is 5.01 Å². The molecular weight excluding hydrogens is 495 g/mol. The van der Waals surface area contributed by atoms with Crippen LogP contribution in [0.3, 0.4) is 0 Å². The Morgan fingerprint density at radius 3 is 2.46 bits per heavy atom. The molecule has 3 atom stereocenters. The van der Waals surface area contributed by atoms with E-state index in [0.29, 0.717) is 28.3 Å². The Hall–Kier alpha value is -4.10. The van der Waals surface area contributed by atoms with Crippen LogP contribution in [0, 0.1) is 11.7 Å². The molecule has 1 saturated heterocycles. The largest absolute Gasteiger partial charge is 0.504 e. The predicted molar refractivity (Wildman–Crippen MR) is 139 cm³/mol. The van der Waals surface area contributed by atoms with Crippen molar-refractivity contribution in [3.05, 3.63) is 113 Å². The minimum atomic E-state index is -1.37. The summed E-state index contributed by atoms with van der Waals surface area (Å²) in [5.41, 5.74) is 3.89. The number of benzene rings is 3. The standard InChI is InChI=1S/C29H24ClFN2O4/c1-3-17-4-14-23-27(35)33(32-22-12-10-21(31)11-13-22)28(36)29(23,19-6-8-20(30)9-7-19)26(17)18-5-15-25(37-2)24(34)16-18/h3-13,15-16,23,26,32,34H,1,14H2,2H3/t23-,26+,29+/m0/s1. The van der Waals surface area contributed by atoms with E-state index in [1.165, 1.54) is 31.4 Å². The Kier molecular flexibility index (Phi) is 6.25. The molecule has 1 heterocycles. The van der Waals surface area contributed by atoms with Crippen LogP contribution in [0.1, 0.15) is 23.5 Å². The second kappa shape index (κ2) is 9.41. The van der Waals surface area contributed by atoms with Gasteiger partial charge >= 0.3 is 0 Å². The van der Waals surface area contributed by atoms with Crippen molar-refractivity contribution in [2.45, 2.75) is 17.8 Å². The van der Waals surface area contributed by atoms with Crippen LogP contribution >= 0.6 is 11.6 Å². The maximum absolute atomic E-state index is 14.5. The number of phenolic OH excluding ortho intramolecular Hbond substituents is 1. The van der Waals surface area contributed by atoms with Gasteiger partial charge in [0.25, 0.3) is 11.8 Å². The molecule has 3 aromatic carbocycles. The predicted octanol–water partition coefficient (Wildman–Crippen LogP) is 5.74. The number of allylic oxidation sites excluding steroid dienone is 3. The average molecular weight is 519 g/mol. The first kappa shape index (κ1) is 24.6. The van der Waals surface area contributed by atoms with E-state index in [1.54, 1.807) is 48.5 Å². The number of hydrogen-bond acceptors (Lipinski definition) is 5. The molecule has 0 spiro atoms. The fourth-order valence-electron chi connectivity index (χ4n) is 5.55. The van der Waals surface area contributed by atoms with Crippen LogP contribution < -0.4 is 10.2 Å². The second-order valence-corrected chi connectivity index (χ2v) is 9.47. The zero-order valence-corrected chi connectivity index (χ0v) is 20.7. The number of methoxy groups -OCH3 is 1. The number of anilines is 1. The zero-order chi connectivity index (χ0) is 26.3. The molecular formula is C29H24ClFN2O4. The molecule has 2 aliphatic rings. The summed E-state index contributed by atoms with van der Waals surface area (Å²) in [6.45, 7) is 3.97. The number of hydrazine groups is 1. The van der Waals surface area contributed by atoms with E-state index >= 15 is 0 Å². The normalized spacial score (nSPS) is 22.9. The topological polar surface area (TPSA) is 78.9 Å². The van der Waals surface area contributed by atoms with E-state index in [0.717, 1.165) is 10.6 Å². The minimum Gasteiger partial charge on any atom is -0.504 e. The summed E-state index contributed by atoms with van der Waals surface area (Å²) < 4.78 is 18.7. The molecule has 0 aromatic heterocycles. The fraction of sp³-hybridized carbons (Fsp3) is 0.172. The maximum Gasteiger partial charge on any atom is 0.260 e. The Morgan fingerprint density at radius 2 is 1.84 bits per heavy atom. The van der Waals surface area contributed by atoms with Crippen LogP contribution in [-0.2, 0) is 15.0 Å². The number of amides is 2. The monoisotopic (exact) mass is 518 g/mol. The van der Waals surface area contributed by atoms with Crippen molar-refractivity contribution < 1.29 is 23.8 Å². The van der Waals surface area contributed by atoms with E-state index in [4.69, 9.17) is 16.3 Å². The third-order valence-corrected chi connectivity index (χ3v) is 7.43. The van der Waals surface area contributed by atoms with Gasteiger partial charge in [0.05, 0.1) is 24.1 Å². The molecule has 1 aliphatic carbocycles. The number of fused-ring (bicyclic) bond motifs is 1. The van der Waals surface area contributed by atoms with Gasteiger partial charge in [-0.15, -0.1) is 0 Å². The van der Waals surface area contributed by atoms with Crippen LogP contribution in [0.5, 0.6) is 11.5 Å². The number of halogens is 2. The van der Waals surface area contributed by atoms with E-state index in [-0.39, 0.29) is 11.5 Å². The summed E-state index contributed by atoms with van der Waals surface area (Å²) in [4.78, 5) is 28.3. The van der Waals surface area contributed by atoms with Crippen molar-refractivity contribution in [1.29, 1.82) is 0 Å². The highest BCUT2D eigenvalue weighted by Gasteiger charge is 2.65. The highest BCUT2D eigenvalue weighted by molar-refractivity contribution is 6.30. The third kappa shape index (κ3) is 3.86. The molecule has 0 saturated carbocycles. The molecule has 6 nitrogen and oxygen atoms in total. The summed E-state index contributed by atoms with van der Waals surface area (Å²) in [5.74, 6) is -2.53. The SMILES string of the molecule is C=CC1=CC[C@H]2C(=O)N(Nc3ccc(F)cc3)C(=O)[C@@]2(c2ccc(Cl)cc2)[C@H]1c1ccc(OC)c(O)c1. The van der Waals surface area contributed by atoms with Crippen molar-refractivity contribution in [3.8, 4) is 11.5 Å². The molecule has 188 valence electrons. The second-order valence-electron chi connectivity index (χ2n) is 9.03. The van der Waals surface area contributed by atoms with Crippen LogP contribution in [0.25, 0.3) is 0 Å². The number of ether oxygens (including phenoxy) is 1. The van der Waals surface area contributed by atoms with Gasteiger partial charge in [-0.3, -0.25) is 15.0 Å². The smallest absolute Gasteiger partial charge is 0.260 e. The Morgan fingerprint density at radius 1 is 1.14 bits per heavy atom. The summed E-state index contributed by atoms with van der Waals surface area (Å²) in [5, 5.41) is 12.1. The number of nitrogens with zero attached hydrogens (tertiary/aromatic N) is 1. The van der Waals surface area contributed by atoms with Crippen molar-refractivity contribution in [3.63, 3.8) is 0 Å². The molecule has 0 unspecified atom stereocenters. The van der Waals surface area contributed by atoms with Gasteiger partial charge in [0.1, 0.15) is 5.82 Å². The molecule has 8 heteroatoms. The minimum absolute atomic E-state index is 0.0881. The summed E-state index contributed by atoms with van der Waals surface area (Å²) in [6.07, 6.45) is 3.88. The highest BCUT2D eigenvalue weighted by atomic mass is 35.5. The van der Waals surface area contributed by atoms with Gasteiger partial charge in [-0.2, -0.15) is 5.01 Å². The Balaban J connectivity index is 1.73. The molecule has 2 N–H and O–H groups in total. The fourth-order valence-corrected chi connectivity index (χ4v) is 5.68. The number of phenols is 1. The zero-order valence-electron chi connectivity index (χ0n) is 19.9. The van der Waals surface area contributed by atoms with Gasteiger partial charge in [-0.25, -0.2) is 4.39 Å². The van der Waals surface area contributed by atoms with Gasteiger partial charge in [0.2, 0.25) is 0 Å². The summed E-state index contributed by atoms with van der Waals surface area (Å²) in [7, 11) is 1.45. The van der Waals surface area contributed by atoms with Gasteiger partial charge in [0, 0.05) is 10.9 Å². The molecule has 0 bridgehead atoms. The first-order chi connectivity index (χ1) is 17.8. The maximum atomic E-state index is 14.5. The van der Waals surface area contributed by atoms with Gasteiger partial charge < -0.3 is 9.84 Å². The van der Waals surface area contributed by atoms with Crippen LogP contribution in [0.15, 0.2) is 91.0 Å². The number of nitrogens with one attached hydrogen (secondary N) is 1. The number of hydrogen-bond donors (Lipinski definition) is 2. The quantitative estimate of drug-likeness (QED) is 0.407. The average Bonchev–Trinajstić information content (AvgIpc) is 3.11. The Labute approximate surface area is 218 Å². The molecule has 3 aromatic rings. The lowest BCUT2D eigenvalue weighted by molar-refractivity contribution is -0.138. The van der Waals surface area contributed by atoms with E-state index < -0.39 is 34.9 Å². The van der Waals surface area contributed by atoms with Gasteiger partial charge in [-0.1, -0.05) is 48.5 Å². The lowest BCUT2D eigenvalue weighted by Crippen LogP contribution is -2.48. The van der Waals surface area contributed by atoms with Gasteiger partial charge in [0.15, 0.2) is 11.5 Å². The molecule has 37 heavy (non-hydrogen) atoms. The van der Waals surface area contributed by atoms with E-state index in [1.807, 2.05) is 6.08 Å². The number of imide groups is 1. The third-order valence-electron chi connectivity index (χ3n) is 7.18.